The summed E-state index contributed by atoms with van der Waals surface area (Å²) in [6.45, 7) is 2.74. The summed E-state index contributed by atoms with van der Waals surface area (Å²) in [5.74, 6) is -0.240. The number of aliphatic carboxylic acids is 1. The predicted molar refractivity (Wildman–Crippen MR) is 135 cm³/mol. The molecule has 1 fully saturated rings. The summed E-state index contributed by atoms with van der Waals surface area (Å²) in [7, 11) is 0. The molecular weight excluding hydrogens is 434 g/mol. The number of anilines is 5. The highest BCUT2D eigenvalue weighted by Crippen LogP contribution is 2.43. The summed E-state index contributed by atoms with van der Waals surface area (Å²) in [5, 5.41) is 15.7. The van der Waals surface area contributed by atoms with Gasteiger partial charge in [0.05, 0.1) is 11.4 Å². The SMILES string of the molecule is Cc1cc2c(cc1NC1CCCC1)N(CCCCCCCCC(=O)O)c1[nH]c(=O)[nH]c(=O)c1N2. The maximum Gasteiger partial charge on any atom is 0.327 e. The molecule has 0 bridgehead atoms. The molecule has 4 rings (SSSR count). The molecule has 0 saturated heterocycles. The summed E-state index contributed by atoms with van der Waals surface area (Å²) in [4.78, 5) is 42.4. The second kappa shape index (κ2) is 10.8. The Labute approximate surface area is 199 Å². The van der Waals surface area contributed by atoms with Crippen molar-refractivity contribution < 1.29 is 9.90 Å². The smallest absolute Gasteiger partial charge is 0.327 e. The number of nitrogens with zero attached hydrogens (tertiary/aromatic N) is 1. The van der Waals surface area contributed by atoms with Crippen LogP contribution in [-0.4, -0.2) is 33.6 Å². The van der Waals surface area contributed by atoms with Gasteiger partial charge in [0.25, 0.3) is 5.56 Å². The van der Waals surface area contributed by atoms with E-state index in [1.54, 1.807) is 0 Å². The number of hydrogen-bond acceptors (Lipinski definition) is 6. The van der Waals surface area contributed by atoms with E-state index in [4.69, 9.17) is 5.11 Å². The molecule has 0 radical (unpaired) electrons. The van der Waals surface area contributed by atoms with Gasteiger partial charge >= 0.3 is 11.7 Å². The molecule has 1 aliphatic heterocycles. The molecule has 0 amide bonds. The van der Waals surface area contributed by atoms with Crippen LogP contribution in [0.5, 0.6) is 0 Å². The molecule has 9 nitrogen and oxygen atoms in total. The molecule has 0 spiro atoms. The third kappa shape index (κ3) is 5.63. The molecule has 2 aliphatic rings. The lowest BCUT2D eigenvalue weighted by Gasteiger charge is -2.33. The van der Waals surface area contributed by atoms with Gasteiger partial charge in [0, 0.05) is 24.7 Å². The fourth-order valence-corrected chi connectivity index (χ4v) is 5.00. The Hall–Kier alpha value is -3.23. The molecule has 2 aromatic rings. The summed E-state index contributed by atoms with van der Waals surface area (Å²) < 4.78 is 0. The molecule has 2 heterocycles. The average molecular weight is 470 g/mol. The number of benzene rings is 1. The number of carbonyl (C=O) groups is 1. The number of carboxylic acids is 1. The van der Waals surface area contributed by atoms with Gasteiger partial charge < -0.3 is 20.6 Å². The van der Waals surface area contributed by atoms with Crippen molar-refractivity contribution in [2.24, 2.45) is 0 Å². The zero-order valence-corrected chi connectivity index (χ0v) is 19.8. The number of aryl methyl sites for hydroxylation is 1. The van der Waals surface area contributed by atoms with E-state index in [9.17, 15) is 14.4 Å². The van der Waals surface area contributed by atoms with Crippen LogP contribution in [0.15, 0.2) is 21.7 Å². The number of unbranched alkanes of at least 4 members (excludes halogenated alkanes) is 5. The van der Waals surface area contributed by atoms with Gasteiger partial charge in [-0.1, -0.05) is 38.5 Å². The summed E-state index contributed by atoms with van der Waals surface area (Å²) >= 11 is 0. The first-order valence-electron chi connectivity index (χ1n) is 12.5. The highest BCUT2D eigenvalue weighted by Gasteiger charge is 2.27. The van der Waals surface area contributed by atoms with Crippen LogP contribution in [0.3, 0.4) is 0 Å². The average Bonchev–Trinajstić information content (AvgIpc) is 3.29. The van der Waals surface area contributed by atoms with Gasteiger partial charge in [-0.05, 0) is 50.3 Å². The van der Waals surface area contributed by atoms with Gasteiger partial charge in [0.1, 0.15) is 11.5 Å². The normalized spacial score (nSPS) is 15.0. The van der Waals surface area contributed by atoms with Crippen molar-refractivity contribution in [3.8, 4) is 0 Å². The maximum atomic E-state index is 12.5. The van der Waals surface area contributed by atoms with Gasteiger partial charge in [0.15, 0.2) is 0 Å². The Morgan fingerprint density at radius 3 is 2.50 bits per heavy atom. The summed E-state index contributed by atoms with van der Waals surface area (Å²) in [6.07, 6.45) is 10.6. The number of carboxylic acid groups (broad SMARTS) is 1. The van der Waals surface area contributed by atoms with Crippen molar-refractivity contribution in [2.75, 3.05) is 22.1 Å². The molecule has 1 aromatic heterocycles. The monoisotopic (exact) mass is 469 g/mol. The van der Waals surface area contributed by atoms with Crippen molar-refractivity contribution in [3.63, 3.8) is 0 Å². The standard InChI is InChI=1S/C25H35N5O4/c1-16-14-19-20(15-18(16)26-17-10-7-8-11-17)30(13-9-5-3-2-4-6-12-21(31)32)23-22(27-19)24(33)29-25(34)28-23/h14-15,17,26-27H,2-13H2,1H3,(H,31,32)(H2,28,29,33,34). The van der Waals surface area contributed by atoms with E-state index in [1.807, 2.05) is 4.90 Å². The van der Waals surface area contributed by atoms with Crippen LogP contribution >= 0.6 is 0 Å². The van der Waals surface area contributed by atoms with Crippen LogP contribution < -0.4 is 26.8 Å². The number of aromatic amines is 2. The van der Waals surface area contributed by atoms with E-state index < -0.39 is 17.2 Å². The van der Waals surface area contributed by atoms with Gasteiger partial charge in [-0.25, -0.2) is 4.79 Å². The number of nitrogens with one attached hydrogen (secondary N) is 4. The zero-order chi connectivity index (χ0) is 24.1. The van der Waals surface area contributed by atoms with Crippen LogP contribution in [0.4, 0.5) is 28.6 Å². The molecular formula is C25H35N5O4. The largest absolute Gasteiger partial charge is 0.481 e. The van der Waals surface area contributed by atoms with Crippen molar-refractivity contribution >= 4 is 34.5 Å². The number of hydrogen-bond donors (Lipinski definition) is 5. The van der Waals surface area contributed by atoms with E-state index in [2.05, 4.69) is 39.7 Å². The molecule has 34 heavy (non-hydrogen) atoms. The topological polar surface area (TPSA) is 130 Å². The van der Waals surface area contributed by atoms with Crippen molar-refractivity contribution in [1.29, 1.82) is 0 Å². The van der Waals surface area contributed by atoms with Gasteiger partial charge in [0.2, 0.25) is 0 Å². The Kier molecular flexibility index (Phi) is 7.59. The van der Waals surface area contributed by atoms with Gasteiger partial charge in [-0.15, -0.1) is 0 Å². The van der Waals surface area contributed by atoms with Crippen LogP contribution in [-0.2, 0) is 4.79 Å². The minimum Gasteiger partial charge on any atom is -0.481 e. The lowest BCUT2D eigenvalue weighted by Crippen LogP contribution is -2.34. The van der Waals surface area contributed by atoms with Gasteiger partial charge in [-0.2, -0.15) is 0 Å². The molecule has 0 unspecified atom stereocenters. The fraction of sp³-hybridized carbons (Fsp3) is 0.560. The number of rotatable bonds is 11. The van der Waals surface area contributed by atoms with E-state index in [0.29, 0.717) is 30.5 Å². The highest BCUT2D eigenvalue weighted by atomic mass is 16.4. The molecule has 0 atom stereocenters. The lowest BCUT2D eigenvalue weighted by atomic mass is 10.1. The minimum absolute atomic E-state index is 0.229. The highest BCUT2D eigenvalue weighted by molar-refractivity contribution is 5.91. The summed E-state index contributed by atoms with van der Waals surface area (Å²) in [6, 6.07) is 4.68. The third-order valence-corrected chi connectivity index (χ3v) is 6.82. The maximum absolute atomic E-state index is 12.5. The Morgan fingerprint density at radius 2 is 1.76 bits per heavy atom. The number of H-pyrrole nitrogens is 2. The zero-order valence-electron chi connectivity index (χ0n) is 19.8. The van der Waals surface area contributed by atoms with E-state index in [0.717, 1.165) is 54.7 Å². The molecule has 184 valence electrons. The first kappa shape index (κ1) is 23.9. The third-order valence-electron chi connectivity index (χ3n) is 6.82. The first-order valence-corrected chi connectivity index (χ1v) is 12.5. The summed E-state index contributed by atoms with van der Waals surface area (Å²) in [5.41, 5.74) is 3.41. The molecule has 1 aliphatic carbocycles. The molecule has 9 heteroatoms. The second-order valence-electron chi connectivity index (χ2n) is 9.48. The Bertz CT molecular complexity index is 1130. The fourth-order valence-electron chi connectivity index (χ4n) is 5.00. The Morgan fingerprint density at radius 1 is 1.06 bits per heavy atom. The number of aromatic nitrogens is 2. The van der Waals surface area contributed by atoms with E-state index in [1.165, 1.54) is 25.7 Å². The lowest BCUT2D eigenvalue weighted by molar-refractivity contribution is -0.137. The van der Waals surface area contributed by atoms with Crippen LogP contribution in [0, 0.1) is 6.92 Å². The van der Waals surface area contributed by atoms with Crippen molar-refractivity contribution in [1.82, 2.24) is 9.97 Å². The Balaban J connectivity index is 1.50. The van der Waals surface area contributed by atoms with Crippen molar-refractivity contribution in [3.05, 3.63) is 38.5 Å². The number of fused-ring (bicyclic) bond motifs is 2. The first-order chi connectivity index (χ1) is 16.4. The van der Waals surface area contributed by atoms with Crippen LogP contribution in [0.25, 0.3) is 0 Å². The molecule has 1 aromatic carbocycles. The van der Waals surface area contributed by atoms with Gasteiger partial charge in [-0.3, -0.25) is 19.6 Å². The van der Waals surface area contributed by atoms with E-state index >= 15 is 0 Å². The van der Waals surface area contributed by atoms with Crippen LogP contribution in [0.2, 0.25) is 0 Å². The van der Waals surface area contributed by atoms with Crippen LogP contribution in [0.1, 0.15) is 76.2 Å². The second-order valence-corrected chi connectivity index (χ2v) is 9.48. The van der Waals surface area contributed by atoms with E-state index in [-0.39, 0.29) is 6.42 Å². The molecule has 5 N–H and O–H groups in total. The minimum atomic E-state index is -0.739. The molecule has 1 saturated carbocycles. The quantitative estimate of drug-likeness (QED) is 0.301. The van der Waals surface area contributed by atoms with Crippen molar-refractivity contribution in [2.45, 2.75) is 83.6 Å². The predicted octanol–water partition coefficient (Wildman–Crippen LogP) is 4.74.